The van der Waals surface area contributed by atoms with Gasteiger partial charge in [0.1, 0.15) is 5.78 Å². The highest BCUT2D eigenvalue weighted by atomic mass is 79.9. The van der Waals surface area contributed by atoms with E-state index in [0.717, 1.165) is 18.2 Å². The molecule has 0 aromatic heterocycles. The zero-order chi connectivity index (χ0) is 9.97. The monoisotopic (exact) mass is 252 g/mol. The fraction of sp³-hybridized carbons (Fsp3) is 0.417. The number of benzene rings is 1. The lowest BCUT2D eigenvalue weighted by Gasteiger charge is -2.35. The highest BCUT2D eigenvalue weighted by Gasteiger charge is 2.39. The minimum absolute atomic E-state index is 0.261. The molecular formula is C12H13BrO. The van der Waals surface area contributed by atoms with Crippen LogP contribution >= 0.6 is 15.9 Å². The molecule has 1 saturated carbocycles. The normalized spacial score (nSPS) is 25.9. The Balaban J connectivity index is 2.10. The molecule has 2 rings (SSSR count). The first-order valence-corrected chi connectivity index (χ1v) is 6.08. The molecule has 14 heavy (non-hydrogen) atoms. The van der Waals surface area contributed by atoms with Gasteiger partial charge in [-0.25, -0.2) is 0 Å². The molecule has 0 saturated heterocycles. The van der Waals surface area contributed by atoms with Crippen LogP contribution < -0.4 is 0 Å². The molecule has 2 unspecified atom stereocenters. The summed E-state index contributed by atoms with van der Waals surface area (Å²) in [7, 11) is 0. The van der Waals surface area contributed by atoms with E-state index in [2.05, 4.69) is 28.1 Å². The summed E-state index contributed by atoms with van der Waals surface area (Å²) in [6.07, 6.45) is 1.71. The van der Waals surface area contributed by atoms with Crippen LogP contribution in [0.15, 0.2) is 30.3 Å². The summed E-state index contributed by atoms with van der Waals surface area (Å²) in [6.45, 7) is 0. The van der Waals surface area contributed by atoms with Crippen LogP contribution in [0.25, 0.3) is 0 Å². The molecule has 1 aromatic rings. The Bertz CT molecular complexity index is 320. The first-order valence-electron chi connectivity index (χ1n) is 4.96. The standard InChI is InChI=1S/C12H13BrO/c13-7-6-10-11(8-12(10)14)9-4-2-1-3-5-9/h1-5,10-11H,6-8H2. The van der Waals surface area contributed by atoms with Crippen molar-refractivity contribution in [3.05, 3.63) is 35.9 Å². The molecular weight excluding hydrogens is 240 g/mol. The third kappa shape index (κ3) is 1.76. The molecule has 1 nitrogen and oxygen atoms in total. The Morgan fingerprint density at radius 1 is 1.29 bits per heavy atom. The van der Waals surface area contributed by atoms with Gasteiger partial charge in [-0.3, -0.25) is 4.79 Å². The van der Waals surface area contributed by atoms with Gasteiger partial charge in [-0.1, -0.05) is 46.3 Å². The minimum atomic E-state index is 0.261. The van der Waals surface area contributed by atoms with Crippen molar-refractivity contribution in [2.45, 2.75) is 18.8 Å². The van der Waals surface area contributed by atoms with Gasteiger partial charge < -0.3 is 0 Å². The molecule has 1 aromatic carbocycles. The van der Waals surface area contributed by atoms with Crippen molar-refractivity contribution in [2.24, 2.45) is 5.92 Å². The van der Waals surface area contributed by atoms with Crippen LogP contribution in [0.1, 0.15) is 24.3 Å². The summed E-state index contributed by atoms with van der Waals surface area (Å²) in [5.74, 6) is 1.16. The van der Waals surface area contributed by atoms with Gasteiger partial charge in [0.15, 0.2) is 0 Å². The number of rotatable bonds is 3. The number of halogens is 1. The van der Waals surface area contributed by atoms with Gasteiger partial charge >= 0.3 is 0 Å². The Hall–Kier alpha value is -0.630. The molecule has 0 amide bonds. The maximum absolute atomic E-state index is 11.4. The lowest BCUT2D eigenvalue weighted by molar-refractivity contribution is -0.131. The van der Waals surface area contributed by atoms with Gasteiger partial charge in [0.05, 0.1) is 0 Å². The second-order valence-corrected chi connectivity index (χ2v) is 4.56. The lowest BCUT2D eigenvalue weighted by atomic mass is 9.68. The van der Waals surface area contributed by atoms with E-state index >= 15 is 0 Å². The van der Waals surface area contributed by atoms with Crippen molar-refractivity contribution >= 4 is 21.7 Å². The van der Waals surface area contributed by atoms with Crippen molar-refractivity contribution in [1.82, 2.24) is 0 Å². The Labute approximate surface area is 92.6 Å². The van der Waals surface area contributed by atoms with E-state index in [4.69, 9.17) is 0 Å². The molecule has 0 bridgehead atoms. The first kappa shape index (κ1) is 9.91. The van der Waals surface area contributed by atoms with Crippen LogP contribution in [0, 0.1) is 5.92 Å². The van der Waals surface area contributed by atoms with Gasteiger partial charge in [-0.2, -0.15) is 0 Å². The summed E-state index contributed by atoms with van der Waals surface area (Å²) in [4.78, 5) is 11.4. The minimum Gasteiger partial charge on any atom is -0.299 e. The number of carbonyl (C=O) groups excluding carboxylic acids is 1. The summed E-state index contributed by atoms with van der Waals surface area (Å²) in [6, 6.07) is 10.4. The Morgan fingerprint density at radius 3 is 2.57 bits per heavy atom. The largest absolute Gasteiger partial charge is 0.299 e. The van der Waals surface area contributed by atoms with Crippen LogP contribution in [0.3, 0.4) is 0 Å². The van der Waals surface area contributed by atoms with Gasteiger partial charge in [0.25, 0.3) is 0 Å². The van der Waals surface area contributed by atoms with E-state index in [-0.39, 0.29) is 5.92 Å². The van der Waals surface area contributed by atoms with Gasteiger partial charge in [0, 0.05) is 23.6 Å². The molecule has 74 valence electrons. The second kappa shape index (κ2) is 4.26. The summed E-state index contributed by atoms with van der Waals surface area (Å²) >= 11 is 3.40. The molecule has 0 aliphatic heterocycles. The quantitative estimate of drug-likeness (QED) is 0.756. The molecule has 1 aliphatic rings. The first-order chi connectivity index (χ1) is 6.83. The van der Waals surface area contributed by atoms with Gasteiger partial charge in [0.2, 0.25) is 0 Å². The third-order valence-electron chi connectivity index (χ3n) is 2.97. The molecule has 0 heterocycles. The maximum Gasteiger partial charge on any atom is 0.137 e. The molecule has 1 fully saturated rings. The van der Waals surface area contributed by atoms with Crippen LogP contribution in [0.5, 0.6) is 0 Å². The van der Waals surface area contributed by atoms with Crippen LogP contribution in [-0.4, -0.2) is 11.1 Å². The molecule has 0 N–H and O–H groups in total. The average molecular weight is 253 g/mol. The van der Waals surface area contributed by atoms with Gasteiger partial charge in [-0.05, 0) is 12.0 Å². The van der Waals surface area contributed by atoms with Crippen molar-refractivity contribution in [2.75, 3.05) is 5.33 Å². The zero-order valence-electron chi connectivity index (χ0n) is 7.95. The smallest absolute Gasteiger partial charge is 0.137 e. The fourth-order valence-electron chi connectivity index (χ4n) is 2.10. The highest BCUT2D eigenvalue weighted by Crippen LogP contribution is 2.41. The zero-order valence-corrected chi connectivity index (χ0v) is 9.53. The lowest BCUT2D eigenvalue weighted by Crippen LogP contribution is -2.35. The molecule has 1 aliphatic carbocycles. The van der Waals surface area contributed by atoms with Crippen molar-refractivity contribution in [3.8, 4) is 0 Å². The van der Waals surface area contributed by atoms with E-state index in [9.17, 15) is 4.79 Å². The topological polar surface area (TPSA) is 17.1 Å². The van der Waals surface area contributed by atoms with E-state index in [1.54, 1.807) is 0 Å². The SMILES string of the molecule is O=C1CC(c2ccccc2)C1CCBr. The van der Waals surface area contributed by atoms with Crippen molar-refractivity contribution in [3.63, 3.8) is 0 Å². The molecule has 0 radical (unpaired) electrons. The number of alkyl halides is 1. The molecule has 2 heteroatoms. The maximum atomic E-state index is 11.4. The van der Waals surface area contributed by atoms with E-state index in [1.807, 2.05) is 18.2 Å². The number of carbonyl (C=O) groups is 1. The van der Waals surface area contributed by atoms with Crippen molar-refractivity contribution < 1.29 is 4.79 Å². The van der Waals surface area contributed by atoms with Crippen LogP contribution in [0.2, 0.25) is 0 Å². The van der Waals surface area contributed by atoms with Crippen LogP contribution in [0.4, 0.5) is 0 Å². The van der Waals surface area contributed by atoms with Crippen molar-refractivity contribution in [1.29, 1.82) is 0 Å². The van der Waals surface area contributed by atoms with Crippen LogP contribution in [-0.2, 0) is 4.79 Å². The average Bonchev–Trinajstić information content (AvgIpc) is 2.24. The number of Topliss-reactive ketones (excluding diaryl/α,β-unsaturated/α-hetero) is 1. The van der Waals surface area contributed by atoms with E-state index < -0.39 is 0 Å². The highest BCUT2D eigenvalue weighted by molar-refractivity contribution is 9.09. The van der Waals surface area contributed by atoms with E-state index in [1.165, 1.54) is 5.56 Å². The number of ketones is 1. The Kier molecular flexibility index (Phi) is 3.02. The molecule has 0 spiro atoms. The summed E-state index contributed by atoms with van der Waals surface area (Å²) in [5, 5.41) is 0.923. The predicted octanol–water partition coefficient (Wildman–Crippen LogP) is 3.14. The number of hydrogen-bond acceptors (Lipinski definition) is 1. The van der Waals surface area contributed by atoms with E-state index in [0.29, 0.717) is 11.7 Å². The molecule has 2 atom stereocenters. The Morgan fingerprint density at radius 2 is 2.00 bits per heavy atom. The number of hydrogen-bond donors (Lipinski definition) is 0. The summed E-state index contributed by atoms with van der Waals surface area (Å²) < 4.78 is 0. The third-order valence-corrected chi connectivity index (χ3v) is 3.43. The second-order valence-electron chi connectivity index (χ2n) is 3.77. The predicted molar refractivity (Wildman–Crippen MR) is 60.7 cm³/mol. The summed E-state index contributed by atoms with van der Waals surface area (Å²) in [5.41, 5.74) is 1.32. The fourth-order valence-corrected chi connectivity index (χ4v) is 2.60. The van der Waals surface area contributed by atoms with Gasteiger partial charge in [-0.15, -0.1) is 0 Å².